The molecule has 1 aliphatic carbocycles. The number of halogens is 2. The van der Waals surface area contributed by atoms with Crippen LogP contribution in [0.15, 0.2) is 30.6 Å². The van der Waals surface area contributed by atoms with Crippen molar-refractivity contribution >= 4 is 12.0 Å². The van der Waals surface area contributed by atoms with Crippen molar-refractivity contribution in [1.29, 1.82) is 0 Å². The molecule has 1 saturated carbocycles. The first kappa shape index (κ1) is 19.1. The number of carbonyl (C=O) groups excluding carboxylic acids is 1. The molecule has 0 saturated heterocycles. The number of carbonyl (C=O) groups is 1. The van der Waals surface area contributed by atoms with E-state index in [1.807, 2.05) is 19.1 Å². The minimum Gasteiger partial charge on any atom is -0.490 e. The Hall–Kier alpha value is -2.70. The lowest BCUT2D eigenvalue weighted by Crippen LogP contribution is -2.28. The molecule has 2 aromatic rings. The van der Waals surface area contributed by atoms with Crippen LogP contribution >= 0.6 is 0 Å². The number of benzene rings is 1. The third-order valence-electron chi connectivity index (χ3n) is 4.27. The fourth-order valence-electron chi connectivity index (χ4n) is 2.64. The van der Waals surface area contributed by atoms with Gasteiger partial charge in [0.1, 0.15) is 5.82 Å². The van der Waals surface area contributed by atoms with Crippen molar-refractivity contribution in [2.75, 3.05) is 6.61 Å². The number of aromatic nitrogens is 2. The zero-order chi connectivity index (χ0) is 19.4. The number of amides is 1. The molecule has 1 fully saturated rings. The normalized spacial score (nSPS) is 15.1. The Kier molecular flexibility index (Phi) is 5.88. The van der Waals surface area contributed by atoms with Gasteiger partial charge < -0.3 is 10.1 Å². The Morgan fingerprint density at radius 1 is 1.41 bits per heavy atom. The van der Waals surface area contributed by atoms with Crippen LogP contribution in [0.1, 0.15) is 37.8 Å². The quantitative estimate of drug-likeness (QED) is 0.768. The van der Waals surface area contributed by atoms with Crippen molar-refractivity contribution < 1.29 is 18.3 Å². The van der Waals surface area contributed by atoms with Gasteiger partial charge in [0.25, 0.3) is 0 Å². The Labute approximate surface area is 157 Å². The van der Waals surface area contributed by atoms with Crippen molar-refractivity contribution in [2.45, 2.75) is 39.3 Å². The van der Waals surface area contributed by atoms with E-state index in [4.69, 9.17) is 4.74 Å². The standard InChI is InChI=1S/C20H23F2N3O2/c1-13(24-14(2)26)3-4-16-9-23-25(10-16)11-17-7-19(22)20(8-18(17)21)27-12-15-5-6-15/h3-4,7-10,13,15H,5-6,11-12H2,1-2H3,(H,24,26)/t13-/m0/s1. The molecular weight excluding hydrogens is 352 g/mol. The number of rotatable bonds is 8. The van der Waals surface area contributed by atoms with E-state index in [1.54, 1.807) is 12.4 Å². The van der Waals surface area contributed by atoms with Gasteiger partial charge in [0, 0.05) is 36.4 Å². The van der Waals surface area contributed by atoms with Crippen LogP contribution in [0.3, 0.4) is 0 Å². The van der Waals surface area contributed by atoms with Gasteiger partial charge in [-0.3, -0.25) is 9.48 Å². The first-order valence-corrected chi connectivity index (χ1v) is 8.99. The van der Waals surface area contributed by atoms with E-state index < -0.39 is 11.6 Å². The van der Waals surface area contributed by atoms with Gasteiger partial charge in [-0.15, -0.1) is 0 Å². The minimum atomic E-state index is -0.566. The average Bonchev–Trinajstić information content (AvgIpc) is 3.32. The molecule has 0 radical (unpaired) electrons. The van der Waals surface area contributed by atoms with Gasteiger partial charge >= 0.3 is 0 Å². The molecule has 1 atom stereocenters. The van der Waals surface area contributed by atoms with Crippen LogP contribution < -0.4 is 10.1 Å². The molecule has 0 bridgehead atoms. The summed E-state index contributed by atoms with van der Waals surface area (Å²) in [6, 6.07) is 2.15. The number of nitrogens with zero attached hydrogens (tertiary/aromatic N) is 2. The molecule has 1 amide bonds. The summed E-state index contributed by atoms with van der Waals surface area (Å²) in [6.07, 6.45) is 9.17. The zero-order valence-electron chi connectivity index (χ0n) is 15.4. The van der Waals surface area contributed by atoms with Gasteiger partial charge in [-0.25, -0.2) is 8.78 Å². The molecule has 144 valence electrons. The molecule has 1 heterocycles. The summed E-state index contributed by atoms with van der Waals surface area (Å²) in [4.78, 5) is 11.0. The molecule has 1 N–H and O–H groups in total. The topological polar surface area (TPSA) is 56.2 Å². The van der Waals surface area contributed by atoms with Crippen molar-refractivity contribution in [2.24, 2.45) is 5.92 Å². The summed E-state index contributed by atoms with van der Waals surface area (Å²) in [7, 11) is 0. The van der Waals surface area contributed by atoms with Gasteiger partial charge in [-0.05, 0) is 31.7 Å². The molecule has 0 unspecified atom stereocenters. The van der Waals surface area contributed by atoms with Gasteiger partial charge in [-0.2, -0.15) is 5.10 Å². The SMILES string of the molecule is CC(=O)N[C@@H](C)C=Cc1cnn(Cc2cc(F)c(OCC3CC3)cc2F)c1. The third-order valence-corrected chi connectivity index (χ3v) is 4.27. The number of ether oxygens (including phenoxy) is 1. The fourth-order valence-corrected chi connectivity index (χ4v) is 2.64. The maximum Gasteiger partial charge on any atom is 0.217 e. The first-order valence-electron chi connectivity index (χ1n) is 8.99. The van der Waals surface area contributed by atoms with E-state index >= 15 is 0 Å². The smallest absolute Gasteiger partial charge is 0.217 e. The third kappa shape index (κ3) is 5.64. The van der Waals surface area contributed by atoms with Crippen LogP contribution in [0.25, 0.3) is 6.08 Å². The molecule has 1 aromatic carbocycles. The Morgan fingerprint density at radius 3 is 2.89 bits per heavy atom. The molecule has 0 spiro atoms. The molecule has 1 aromatic heterocycles. The van der Waals surface area contributed by atoms with Gasteiger partial charge in [-0.1, -0.05) is 12.2 Å². The van der Waals surface area contributed by atoms with Crippen LogP contribution in [0, 0.1) is 17.6 Å². The largest absolute Gasteiger partial charge is 0.490 e. The van der Waals surface area contributed by atoms with Gasteiger partial charge in [0.2, 0.25) is 5.91 Å². The van der Waals surface area contributed by atoms with Crippen molar-refractivity contribution in [3.05, 3.63) is 53.4 Å². The summed E-state index contributed by atoms with van der Waals surface area (Å²) >= 11 is 0. The second-order valence-corrected chi connectivity index (χ2v) is 6.95. The lowest BCUT2D eigenvalue weighted by atomic mass is 10.2. The lowest BCUT2D eigenvalue weighted by molar-refractivity contribution is -0.119. The van der Waals surface area contributed by atoms with E-state index in [0.29, 0.717) is 12.5 Å². The van der Waals surface area contributed by atoms with Crippen molar-refractivity contribution in [3.8, 4) is 5.75 Å². The number of nitrogens with one attached hydrogen (secondary N) is 1. The molecular formula is C20H23F2N3O2. The van der Waals surface area contributed by atoms with Gasteiger partial charge in [0.05, 0.1) is 19.3 Å². The van der Waals surface area contributed by atoms with Crippen LogP contribution in [0.2, 0.25) is 0 Å². The second-order valence-electron chi connectivity index (χ2n) is 6.95. The summed E-state index contributed by atoms with van der Waals surface area (Å²) in [6.45, 7) is 3.86. The second kappa shape index (κ2) is 8.33. The highest BCUT2D eigenvalue weighted by Crippen LogP contribution is 2.30. The highest BCUT2D eigenvalue weighted by Gasteiger charge is 2.23. The zero-order valence-corrected chi connectivity index (χ0v) is 15.4. The van der Waals surface area contributed by atoms with Crippen LogP contribution in [-0.2, 0) is 11.3 Å². The fraction of sp³-hybridized carbons (Fsp3) is 0.400. The predicted octanol–water partition coefficient (Wildman–Crippen LogP) is 3.54. The molecule has 27 heavy (non-hydrogen) atoms. The lowest BCUT2D eigenvalue weighted by Gasteiger charge is -2.10. The molecule has 7 heteroatoms. The van der Waals surface area contributed by atoms with Crippen molar-refractivity contribution in [1.82, 2.24) is 15.1 Å². The summed E-state index contributed by atoms with van der Waals surface area (Å²) in [5.41, 5.74) is 1.01. The molecule has 3 rings (SSSR count). The van der Waals surface area contributed by atoms with E-state index in [0.717, 1.165) is 30.5 Å². The Bertz CT molecular complexity index is 844. The molecule has 0 aliphatic heterocycles. The van der Waals surface area contributed by atoms with E-state index in [9.17, 15) is 13.6 Å². The predicted molar refractivity (Wildman–Crippen MR) is 98.2 cm³/mol. The number of hydrogen-bond acceptors (Lipinski definition) is 3. The maximum atomic E-state index is 14.3. The molecule has 5 nitrogen and oxygen atoms in total. The summed E-state index contributed by atoms with van der Waals surface area (Å²) < 4.78 is 35.3. The van der Waals surface area contributed by atoms with E-state index in [2.05, 4.69) is 10.4 Å². The summed E-state index contributed by atoms with van der Waals surface area (Å²) in [5, 5.41) is 6.91. The van der Waals surface area contributed by atoms with E-state index in [1.165, 1.54) is 11.6 Å². The number of hydrogen-bond donors (Lipinski definition) is 1. The Balaban J connectivity index is 1.63. The Morgan fingerprint density at radius 2 is 2.19 bits per heavy atom. The highest BCUT2D eigenvalue weighted by atomic mass is 19.1. The van der Waals surface area contributed by atoms with Gasteiger partial charge in [0.15, 0.2) is 11.6 Å². The first-order chi connectivity index (χ1) is 12.9. The monoisotopic (exact) mass is 375 g/mol. The van der Waals surface area contributed by atoms with E-state index in [-0.39, 0.29) is 29.8 Å². The van der Waals surface area contributed by atoms with Crippen LogP contribution in [0.4, 0.5) is 8.78 Å². The molecule has 1 aliphatic rings. The van der Waals surface area contributed by atoms with Crippen LogP contribution in [0.5, 0.6) is 5.75 Å². The highest BCUT2D eigenvalue weighted by molar-refractivity contribution is 5.73. The van der Waals surface area contributed by atoms with Crippen molar-refractivity contribution in [3.63, 3.8) is 0 Å². The maximum absolute atomic E-state index is 14.3. The summed E-state index contributed by atoms with van der Waals surface area (Å²) in [5.74, 6) is -0.766. The van der Waals surface area contributed by atoms with Crippen LogP contribution in [-0.4, -0.2) is 28.3 Å². The average molecular weight is 375 g/mol. The minimum absolute atomic E-state index is 0.0424.